The van der Waals surface area contributed by atoms with Crippen molar-refractivity contribution in [2.45, 2.75) is 56.4 Å². The number of likely N-dealkylation sites (N-methyl/N-ethyl adjacent to an activating group) is 2. The van der Waals surface area contributed by atoms with E-state index in [0.717, 1.165) is 25.3 Å². The van der Waals surface area contributed by atoms with Crippen molar-refractivity contribution < 1.29 is 9.47 Å². The molecule has 4 nitrogen and oxygen atoms in total. The number of hydrogen-bond acceptors (Lipinski definition) is 4. The van der Waals surface area contributed by atoms with E-state index in [-0.39, 0.29) is 0 Å². The molecule has 4 heterocycles. The fourth-order valence-corrected chi connectivity index (χ4v) is 6.35. The van der Waals surface area contributed by atoms with Crippen LogP contribution in [0.25, 0.3) is 0 Å². The van der Waals surface area contributed by atoms with Crippen LogP contribution >= 0.6 is 0 Å². The smallest absolute Gasteiger partial charge is 0.0799 e. The van der Waals surface area contributed by atoms with Gasteiger partial charge < -0.3 is 14.4 Å². The molecule has 21 heavy (non-hydrogen) atoms. The van der Waals surface area contributed by atoms with E-state index < -0.39 is 0 Å². The van der Waals surface area contributed by atoms with Crippen molar-refractivity contribution in [3.05, 3.63) is 0 Å². The minimum Gasteiger partial charge on any atom is -0.379 e. The van der Waals surface area contributed by atoms with Gasteiger partial charge in [-0.05, 0) is 39.8 Å². The van der Waals surface area contributed by atoms with Gasteiger partial charge in [-0.2, -0.15) is 0 Å². The van der Waals surface area contributed by atoms with Crippen molar-refractivity contribution in [3.63, 3.8) is 0 Å². The van der Waals surface area contributed by atoms with Gasteiger partial charge in [0, 0.05) is 36.0 Å². The molecule has 0 amide bonds. The lowest BCUT2D eigenvalue weighted by molar-refractivity contribution is -0.280. The minimum atomic E-state index is 0.608. The zero-order chi connectivity index (χ0) is 14.2. The summed E-state index contributed by atoms with van der Waals surface area (Å²) in [4.78, 5) is 4.93. The van der Waals surface area contributed by atoms with Gasteiger partial charge in [0.25, 0.3) is 0 Å². The standard InChI is InChI=1S/C9H15NO.C8H13NO/c1-10-7-3-2-4-9(7)6-11-5-8(9)10;1-9-4-7-8(5-9)3-2-6(8)10-7/h7-8H,2-6H2,1H3;6-7H,2-5H2,1H3. The maximum atomic E-state index is 5.68. The molecule has 0 bridgehead atoms. The normalized spacial score (nSPS) is 56.9. The van der Waals surface area contributed by atoms with Crippen molar-refractivity contribution in [1.82, 2.24) is 9.80 Å². The maximum absolute atomic E-state index is 5.68. The van der Waals surface area contributed by atoms with Crippen LogP contribution in [0.5, 0.6) is 0 Å². The van der Waals surface area contributed by atoms with Gasteiger partial charge in [0.1, 0.15) is 0 Å². The highest BCUT2D eigenvalue weighted by Gasteiger charge is 2.65. The molecule has 6 unspecified atom stereocenters. The Morgan fingerprint density at radius 3 is 2.57 bits per heavy atom. The molecule has 0 aromatic rings. The molecule has 0 aromatic carbocycles. The van der Waals surface area contributed by atoms with E-state index in [9.17, 15) is 0 Å². The number of likely N-dealkylation sites (tertiary alicyclic amines) is 2. The summed E-state index contributed by atoms with van der Waals surface area (Å²) in [6, 6.07) is 1.64. The molecule has 6 rings (SSSR count). The van der Waals surface area contributed by atoms with Crippen LogP contribution in [0.4, 0.5) is 0 Å². The van der Waals surface area contributed by atoms with E-state index >= 15 is 0 Å². The van der Waals surface area contributed by atoms with Crippen molar-refractivity contribution >= 4 is 0 Å². The Hall–Kier alpha value is -0.160. The molecule has 4 saturated heterocycles. The van der Waals surface area contributed by atoms with E-state index in [1.807, 2.05) is 0 Å². The molecular weight excluding hydrogens is 264 g/mol. The molecular formula is C17H28N2O2. The summed E-state index contributed by atoms with van der Waals surface area (Å²) in [6.07, 6.45) is 8.27. The van der Waals surface area contributed by atoms with E-state index in [0.29, 0.717) is 23.0 Å². The maximum Gasteiger partial charge on any atom is 0.0799 e. The Kier molecular flexibility index (Phi) is 2.67. The third-order valence-electron chi connectivity index (χ3n) is 7.60. The fraction of sp³-hybridized carbons (Fsp3) is 1.00. The minimum absolute atomic E-state index is 0.608. The van der Waals surface area contributed by atoms with Crippen LogP contribution in [0.15, 0.2) is 0 Å². The lowest BCUT2D eigenvalue weighted by Gasteiger charge is -2.59. The van der Waals surface area contributed by atoms with Gasteiger partial charge >= 0.3 is 0 Å². The SMILES string of the molecule is CN1C2CCCC23COCC13.CN1CC2OC3CCC32C1. The van der Waals surface area contributed by atoms with Crippen molar-refractivity contribution in [1.29, 1.82) is 0 Å². The highest BCUT2D eigenvalue weighted by atomic mass is 16.5. The van der Waals surface area contributed by atoms with Crippen LogP contribution in [-0.2, 0) is 9.47 Å². The first kappa shape index (κ1) is 13.3. The summed E-state index contributed by atoms with van der Waals surface area (Å²) < 4.78 is 11.2. The zero-order valence-electron chi connectivity index (χ0n) is 13.4. The van der Waals surface area contributed by atoms with Gasteiger partial charge in [0.05, 0.1) is 25.4 Å². The van der Waals surface area contributed by atoms with E-state index in [1.54, 1.807) is 0 Å². The van der Waals surface area contributed by atoms with Gasteiger partial charge in [-0.3, -0.25) is 4.90 Å². The Labute approximate surface area is 127 Å². The third-order valence-corrected chi connectivity index (χ3v) is 7.60. The number of ether oxygens (including phenoxy) is 2. The van der Waals surface area contributed by atoms with Gasteiger partial charge in [-0.25, -0.2) is 0 Å². The molecule has 6 aliphatic rings. The van der Waals surface area contributed by atoms with Crippen molar-refractivity contribution in [2.75, 3.05) is 40.4 Å². The summed E-state index contributed by atoms with van der Waals surface area (Å²) in [6.45, 7) is 4.51. The predicted octanol–water partition coefficient (Wildman–Crippen LogP) is 1.35. The van der Waals surface area contributed by atoms with Crippen LogP contribution in [0.1, 0.15) is 32.1 Å². The summed E-state index contributed by atoms with van der Waals surface area (Å²) in [5, 5.41) is 0. The molecule has 2 spiro atoms. The van der Waals surface area contributed by atoms with Crippen LogP contribution in [-0.4, -0.2) is 74.5 Å². The number of hydrogen-bond donors (Lipinski definition) is 0. The quantitative estimate of drug-likeness (QED) is 0.673. The first-order valence-electron chi connectivity index (χ1n) is 8.79. The zero-order valence-corrected chi connectivity index (χ0v) is 13.4. The van der Waals surface area contributed by atoms with Crippen LogP contribution < -0.4 is 0 Å². The van der Waals surface area contributed by atoms with Gasteiger partial charge in [0.2, 0.25) is 0 Å². The van der Waals surface area contributed by atoms with Crippen LogP contribution in [0, 0.1) is 10.8 Å². The Morgan fingerprint density at radius 1 is 1.00 bits per heavy atom. The Bertz CT molecular complexity index is 436. The van der Waals surface area contributed by atoms with E-state index in [1.165, 1.54) is 45.2 Å². The summed E-state index contributed by atoms with van der Waals surface area (Å²) in [5.41, 5.74) is 1.27. The van der Waals surface area contributed by atoms with Crippen LogP contribution in [0.2, 0.25) is 0 Å². The Morgan fingerprint density at radius 2 is 1.90 bits per heavy atom. The summed E-state index contributed by atoms with van der Waals surface area (Å²) in [7, 11) is 4.46. The molecule has 118 valence electrons. The lowest BCUT2D eigenvalue weighted by atomic mass is 9.60. The first-order valence-corrected chi connectivity index (χ1v) is 8.79. The largest absolute Gasteiger partial charge is 0.379 e. The average molecular weight is 292 g/mol. The Balaban J connectivity index is 0.0000000996. The second kappa shape index (κ2) is 4.22. The molecule has 0 radical (unpaired) electrons. The molecule has 0 aromatic heterocycles. The number of rotatable bonds is 0. The second-order valence-corrected chi connectivity index (χ2v) is 8.42. The highest BCUT2D eigenvalue weighted by Crippen LogP contribution is 2.59. The predicted molar refractivity (Wildman–Crippen MR) is 80.3 cm³/mol. The van der Waals surface area contributed by atoms with Crippen LogP contribution in [0.3, 0.4) is 0 Å². The molecule has 4 aliphatic heterocycles. The molecule has 2 saturated carbocycles. The summed E-state index contributed by atoms with van der Waals surface area (Å²) >= 11 is 0. The van der Waals surface area contributed by atoms with Crippen molar-refractivity contribution in [3.8, 4) is 0 Å². The fourth-order valence-electron chi connectivity index (χ4n) is 6.35. The van der Waals surface area contributed by atoms with E-state index in [2.05, 4.69) is 23.9 Å². The molecule has 6 fully saturated rings. The van der Waals surface area contributed by atoms with Gasteiger partial charge in [-0.1, -0.05) is 6.42 Å². The third kappa shape index (κ3) is 1.50. The summed E-state index contributed by atoms with van der Waals surface area (Å²) in [5.74, 6) is 0. The monoisotopic (exact) mass is 292 g/mol. The second-order valence-electron chi connectivity index (χ2n) is 8.42. The topological polar surface area (TPSA) is 24.9 Å². The molecule has 4 heteroatoms. The first-order chi connectivity index (χ1) is 10.2. The van der Waals surface area contributed by atoms with Gasteiger partial charge in [0.15, 0.2) is 0 Å². The lowest BCUT2D eigenvalue weighted by Crippen LogP contribution is -2.66. The molecule has 6 atom stereocenters. The molecule has 2 aliphatic carbocycles. The molecule has 0 N–H and O–H groups in total. The average Bonchev–Trinajstić information content (AvgIpc) is 3.12. The number of nitrogens with zero attached hydrogens (tertiary/aromatic N) is 2. The highest BCUT2D eigenvalue weighted by molar-refractivity contribution is 5.16. The van der Waals surface area contributed by atoms with Gasteiger partial charge in [-0.15, -0.1) is 0 Å². The van der Waals surface area contributed by atoms with E-state index in [4.69, 9.17) is 9.47 Å². The van der Waals surface area contributed by atoms with Crippen molar-refractivity contribution in [2.24, 2.45) is 10.8 Å².